The van der Waals surface area contributed by atoms with Crippen LogP contribution in [0.1, 0.15) is 10.4 Å². The van der Waals surface area contributed by atoms with Crippen LogP contribution in [0.25, 0.3) is 0 Å². The molecule has 0 atom stereocenters. The number of carbonyl (C=O) groups is 2. The highest BCUT2D eigenvalue weighted by molar-refractivity contribution is 14.1. The zero-order valence-corrected chi connectivity index (χ0v) is 11.6. The molecular weight excluding hydrogens is 358 g/mol. The van der Waals surface area contributed by atoms with Crippen LogP contribution in [0, 0.1) is 3.57 Å². The number of nitrogens with two attached hydrogens (primary N) is 1. The van der Waals surface area contributed by atoms with E-state index < -0.39 is 6.09 Å². The maximum absolute atomic E-state index is 11.7. The third kappa shape index (κ3) is 4.78. The van der Waals surface area contributed by atoms with Gasteiger partial charge in [0.05, 0.1) is 12.1 Å². The standard InChI is InChI=1S/C10H10ClIN2O3/c11-6-1-2-8(12)7(5-6)9(15)14-3-4-17-10(13)16/h1-2,5H,3-4H2,(H2,13,16)(H,14,15). The third-order valence-electron chi connectivity index (χ3n) is 1.80. The Morgan fingerprint density at radius 1 is 1.47 bits per heavy atom. The topological polar surface area (TPSA) is 81.4 Å². The molecule has 0 spiro atoms. The van der Waals surface area contributed by atoms with Gasteiger partial charge >= 0.3 is 6.09 Å². The van der Waals surface area contributed by atoms with Crippen molar-refractivity contribution in [2.24, 2.45) is 5.73 Å². The third-order valence-corrected chi connectivity index (χ3v) is 2.98. The maximum Gasteiger partial charge on any atom is 0.404 e. The fourth-order valence-electron chi connectivity index (χ4n) is 1.08. The number of halogens is 2. The summed E-state index contributed by atoms with van der Waals surface area (Å²) in [7, 11) is 0. The first-order valence-electron chi connectivity index (χ1n) is 4.66. The van der Waals surface area contributed by atoms with E-state index in [0.717, 1.165) is 3.57 Å². The Hall–Kier alpha value is -1.02. The second-order valence-electron chi connectivity index (χ2n) is 3.05. The summed E-state index contributed by atoms with van der Waals surface area (Å²) in [5.74, 6) is -0.273. The Morgan fingerprint density at radius 2 is 2.18 bits per heavy atom. The zero-order valence-electron chi connectivity index (χ0n) is 8.70. The molecular formula is C10H10ClIN2O3. The number of ether oxygens (including phenoxy) is 1. The van der Waals surface area contributed by atoms with E-state index in [-0.39, 0.29) is 19.1 Å². The van der Waals surface area contributed by atoms with Gasteiger partial charge in [0.25, 0.3) is 5.91 Å². The Labute approximate surface area is 117 Å². The summed E-state index contributed by atoms with van der Waals surface area (Å²) < 4.78 is 5.27. The molecule has 0 unspecified atom stereocenters. The van der Waals surface area contributed by atoms with Gasteiger partial charge < -0.3 is 15.8 Å². The molecule has 92 valence electrons. The summed E-state index contributed by atoms with van der Waals surface area (Å²) in [6.07, 6.45) is -0.864. The van der Waals surface area contributed by atoms with Crippen molar-refractivity contribution in [2.75, 3.05) is 13.2 Å². The largest absolute Gasteiger partial charge is 0.448 e. The van der Waals surface area contributed by atoms with Crippen molar-refractivity contribution in [3.05, 3.63) is 32.4 Å². The predicted molar refractivity (Wildman–Crippen MR) is 72.0 cm³/mol. The van der Waals surface area contributed by atoms with Crippen molar-refractivity contribution < 1.29 is 14.3 Å². The highest BCUT2D eigenvalue weighted by Gasteiger charge is 2.09. The van der Waals surface area contributed by atoms with Crippen molar-refractivity contribution in [1.29, 1.82) is 0 Å². The fraction of sp³-hybridized carbons (Fsp3) is 0.200. The minimum atomic E-state index is -0.864. The van der Waals surface area contributed by atoms with E-state index >= 15 is 0 Å². The Kier molecular flexibility index (Phi) is 5.49. The minimum absolute atomic E-state index is 0.0399. The molecule has 2 amide bonds. The van der Waals surface area contributed by atoms with Gasteiger partial charge in [0.2, 0.25) is 0 Å². The van der Waals surface area contributed by atoms with E-state index in [9.17, 15) is 9.59 Å². The number of rotatable bonds is 4. The smallest absolute Gasteiger partial charge is 0.404 e. The molecule has 5 nitrogen and oxygen atoms in total. The second kappa shape index (κ2) is 6.65. The summed E-state index contributed by atoms with van der Waals surface area (Å²) in [6.45, 7) is 0.239. The van der Waals surface area contributed by atoms with Gasteiger partial charge in [0.1, 0.15) is 6.61 Å². The molecule has 0 heterocycles. The summed E-state index contributed by atoms with van der Waals surface area (Å²) in [4.78, 5) is 22.0. The Balaban J connectivity index is 2.52. The molecule has 0 aliphatic carbocycles. The lowest BCUT2D eigenvalue weighted by Gasteiger charge is -2.07. The predicted octanol–water partition coefficient (Wildman–Crippen LogP) is 1.77. The lowest BCUT2D eigenvalue weighted by molar-refractivity contribution is 0.0936. The van der Waals surface area contributed by atoms with Gasteiger partial charge in [-0.2, -0.15) is 0 Å². The molecule has 0 aliphatic heterocycles. The quantitative estimate of drug-likeness (QED) is 0.628. The van der Waals surface area contributed by atoms with Crippen LogP contribution in [0.5, 0.6) is 0 Å². The van der Waals surface area contributed by atoms with Gasteiger partial charge in [-0.05, 0) is 40.8 Å². The van der Waals surface area contributed by atoms with E-state index in [1.807, 2.05) is 22.6 Å². The van der Waals surface area contributed by atoms with Gasteiger partial charge in [0, 0.05) is 8.59 Å². The summed E-state index contributed by atoms with van der Waals surface area (Å²) in [5.41, 5.74) is 5.26. The number of hydrogen-bond donors (Lipinski definition) is 2. The van der Waals surface area contributed by atoms with Crippen molar-refractivity contribution in [3.8, 4) is 0 Å². The molecule has 0 aromatic heterocycles. The van der Waals surface area contributed by atoms with E-state index in [1.165, 1.54) is 0 Å². The first kappa shape index (κ1) is 14.0. The molecule has 7 heteroatoms. The average molecular weight is 369 g/mol. The van der Waals surface area contributed by atoms with Crippen molar-refractivity contribution in [3.63, 3.8) is 0 Å². The van der Waals surface area contributed by atoms with Crippen LogP contribution in [-0.4, -0.2) is 25.2 Å². The monoisotopic (exact) mass is 368 g/mol. The summed E-state index contributed by atoms with van der Waals surface area (Å²) >= 11 is 7.83. The molecule has 0 saturated heterocycles. The van der Waals surface area contributed by atoms with Crippen molar-refractivity contribution >= 4 is 46.2 Å². The first-order valence-corrected chi connectivity index (χ1v) is 6.12. The van der Waals surface area contributed by atoms with Crippen molar-refractivity contribution in [1.82, 2.24) is 5.32 Å². The Bertz CT molecular complexity index is 440. The molecule has 0 saturated carbocycles. The molecule has 1 rings (SSSR count). The number of primary amides is 1. The number of benzene rings is 1. The van der Waals surface area contributed by atoms with Crippen LogP contribution < -0.4 is 11.1 Å². The molecule has 0 bridgehead atoms. The number of hydrogen-bond acceptors (Lipinski definition) is 3. The van der Waals surface area contributed by atoms with Crippen LogP contribution in [0.15, 0.2) is 18.2 Å². The van der Waals surface area contributed by atoms with Crippen molar-refractivity contribution in [2.45, 2.75) is 0 Å². The normalized spacial score (nSPS) is 9.76. The van der Waals surface area contributed by atoms with Gasteiger partial charge in [0.15, 0.2) is 0 Å². The van der Waals surface area contributed by atoms with E-state index in [2.05, 4.69) is 10.1 Å². The Morgan fingerprint density at radius 3 is 2.82 bits per heavy atom. The lowest BCUT2D eigenvalue weighted by Crippen LogP contribution is -2.29. The SMILES string of the molecule is NC(=O)OCCNC(=O)c1cc(Cl)ccc1I. The number of nitrogens with one attached hydrogen (secondary N) is 1. The maximum atomic E-state index is 11.7. The molecule has 0 aliphatic rings. The van der Waals surface area contributed by atoms with Crippen LogP contribution >= 0.6 is 34.2 Å². The lowest BCUT2D eigenvalue weighted by atomic mass is 10.2. The molecule has 0 radical (unpaired) electrons. The van der Waals surface area contributed by atoms with Gasteiger partial charge in [-0.1, -0.05) is 11.6 Å². The molecule has 3 N–H and O–H groups in total. The van der Waals surface area contributed by atoms with E-state index in [1.54, 1.807) is 18.2 Å². The summed E-state index contributed by atoms with van der Waals surface area (Å²) in [6, 6.07) is 5.03. The molecule has 17 heavy (non-hydrogen) atoms. The highest BCUT2D eigenvalue weighted by Crippen LogP contribution is 2.17. The summed E-state index contributed by atoms with van der Waals surface area (Å²) in [5, 5.41) is 3.08. The number of carbonyl (C=O) groups excluding carboxylic acids is 2. The van der Waals surface area contributed by atoms with E-state index in [0.29, 0.717) is 10.6 Å². The van der Waals surface area contributed by atoms with Gasteiger partial charge in [-0.3, -0.25) is 4.79 Å². The van der Waals surface area contributed by atoms with Crippen LogP contribution in [-0.2, 0) is 4.74 Å². The van der Waals surface area contributed by atoms with Gasteiger partial charge in [-0.15, -0.1) is 0 Å². The highest BCUT2D eigenvalue weighted by atomic mass is 127. The molecule has 1 aromatic rings. The fourth-order valence-corrected chi connectivity index (χ4v) is 1.84. The average Bonchev–Trinajstić information content (AvgIpc) is 2.27. The van der Waals surface area contributed by atoms with E-state index in [4.69, 9.17) is 17.3 Å². The van der Waals surface area contributed by atoms with Gasteiger partial charge in [-0.25, -0.2) is 4.79 Å². The first-order chi connectivity index (χ1) is 8.00. The zero-order chi connectivity index (χ0) is 12.8. The minimum Gasteiger partial charge on any atom is -0.448 e. The van der Waals surface area contributed by atoms with Crippen LogP contribution in [0.3, 0.4) is 0 Å². The number of amides is 2. The molecule has 0 fully saturated rings. The van der Waals surface area contributed by atoms with Crippen LogP contribution in [0.2, 0.25) is 5.02 Å². The van der Waals surface area contributed by atoms with Crippen LogP contribution in [0.4, 0.5) is 4.79 Å². The second-order valence-corrected chi connectivity index (χ2v) is 4.65. The molecule has 1 aromatic carbocycles.